The molecule has 128 valence electrons. The summed E-state index contributed by atoms with van der Waals surface area (Å²) in [7, 11) is 0. The number of hydrogen-bond acceptors (Lipinski definition) is 3. The average molecular weight is 326 g/mol. The van der Waals surface area contributed by atoms with Crippen LogP contribution in [0, 0.1) is 12.8 Å². The van der Waals surface area contributed by atoms with Crippen molar-refractivity contribution in [2.24, 2.45) is 11.7 Å². The van der Waals surface area contributed by atoms with Gasteiger partial charge < -0.3 is 15.8 Å². The zero-order valence-electron chi connectivity index (χ0n) is 14.7. The van der Waals surface area contributed by atoms with Gasteiger partial charge in [-0.25, -0.2) is 0 Å². The van der Waals surface area contributed by atoms with Gasteiger partial charge in [0.05, 0.1) is 12.0 Å². The lowest BCUT2D eigenvalue weighted by Crippen LogP contribution is -2.30. The van der Waals surface area contributed by atoms with Gasteiger partial charge in [-0.1, -0.05) is 37.3 Å². The van der Waals surface area contributed by atoms with Crippen molar-refractivity contribution in [1.82, 2.24) is 0 Å². The largest absolute Gasteiger partial charge is 0.491 e. The first-order valence-electron chi connectivity index (χ1n) is 8.27. The fraction of sp³-hybridized carbons (Fsp3) is 0.350. The van der Waals surface area contributed by atoms with E-state index in [9.17, 15) is 4.79 Å². The Hall–Kier alpha value is -2.33. The number of benzene rings is 2. The molecule has 1 amide bonds. The summed E-state index contributed by atoms with van der Waals surface area (Å²) in [5.41, 5.74) is 8.91. The first-order chi connectivity index (χ1) is 11.4. The molecule has 2 aromatic carbocycles. The molecule has 0 aliphatic rings. The van der Waals surface area contributed by atoms with Crippen LogP contribution in [-0.4, -0.2) is 12.0 Å². The highest BCUT2D eigenvalue weighted by atomic mass is 16.5. The van der Waals surface area contributed by atoms with Crippen LogP contribution in [0.15, 0.2) is 48.5 Å². The van der Waals surface area contributed by atoms with Gasteiger partial charge in [-0.2, -0.15) is 0 Å². The average Bonchev–Trinajstić information content (AvgIpc) is 2.56. The van der Waals surface area contributed by atoms with Gasteiger partial charge in [0.25, 0.3) is 0 Å². The quantitative estimate of drug-likeness (QED) is 0.841. The van der Waals surface area contributed by atoms with Crippen molar-refractivity contribution < 1.29 is 9.53 Å². The van der Waals surface area contributed by atoms with Crippen LogP contribution < -0.4 is 15.8 Å². The molecule has 0 radical (unpaired) electrons. The lowest BCUT2D eigenvalue weighted by atomic mass is 9.94. The molecule has 0 fully saturated rings. The standard InChI is InChI=1S/C20H26N2O2/c1-13(2)24-18-11-10-17(12-14(18)3)22-20(23)15(4)19(21)16-8-6-5-7-9-16/h5-13,15,19H,21H2,1-4H3,(H,22,23). The summed E-state index contributed by atoms with van der Waals surface area (Å²) in [4.78, 5) is 12.5. The van der Waals surface area contributed by atoms with E-state index in [-0.39, 0.29) is 24.0 Å². The molecule has 3 N–H and O–H groups in total. The van der Waals surface area contributed by atoms with Crippen LogP contribution >= 0.6 is 0 Å². The minimum Gasteiger partial charge on any atom is -0.491 e. The molecule has 4 heteroatoms. The number of ether oxygens (including phenoxy) is 1. The van der Waals surface area contributed by atoms with Crippen LogP contribution in [0.2, 0.25) is 0 Å². The Balaban J connectivity index is 2.05. The predicted octanol–water partition coefficient (Wildman–Crippen LogP) is 4.06. The molecule has 2 rings (SSSR count). The Morgan fingerprint density at radius 2 is 1.75 bits per heavy atom. The number of carbonyl (C=O) groups is 1. The number of amides is 1. The smallest absolute Gasteiger partial charge is 0.229 e. The second-order valence-electron chi connectivity index (χ2n) is 6.36. The maximum atomic E-state index is 12.5. The highest BCUT2D eigenvalue weighted by Crippen LogP contribution is 2.25. The Morgan fingerprint density at radius 1 is 1.08 bits per heavy atom. The zero-order valence-corrected chi connectivity index (χ0v) is 14.7. The molecule has 0 saturated heterocycles. The molecule has 0 aliphatic heterocycles. The van der Waals surface area contributed by atoms with E-state index in [0.29, 0.717) is 0 Å². The van der Waals surface area contributed by atoms with Crippen LogP contribution in [0.25, 0.3) is 0 Å². The predicted molar refractivity (Wildman–Crippen MR) is 98.1 cm³/mol. The Labute approximate surface area is 144 Å². The lowest BCUT2D eigenvalue weighted by Gasteiger charge is -2.20. The van der Waals surface area contributed by atoms with Crippen LogP contribution in [0.4, 0.5) is 5.69 Å². The maximum Gasteiger partial charge on any atom is 0.229 e. The number of nitrogens with one attached hydrogen (secondary N) is 1. The molecule has 0 saturated carbocycles. The van der Waals surface area contributed by atoms with Crippen LogP contribution in [0.5, 0.6) is 5.75 Å². The second-order valence-corrected chi connectivity index (χ2v) is 6.36. The van der Waals surface area contributed by atoms with Crippen molar-refractivity contribution in [2.45, 2.75) is 39.8 Å². The SMILES string of the molecule is Cc1cc(NC(=O)C(C)C(N)c2ccccc2)ccc1OC(C)C. The van der Waals surface area contributed by atoms with Crippen LogP contribution in [-0.2, 0) is 4.79 Å². The summed E-state index contributed by atoms with van der Waals surface area (Å²) < 4.78 is 5.72. The molecule has 2 atom stereocenters. The summed E-state index contributed by atoms with van der Waals surface area (Å²) in [5.74, 6) is 0.402. The number of nitrogens with two attached hydrogens (primary N) is 1. The van der Waals surface area contributed by atoms with Crippen molar-refractivity contribution in [3.05, 3.63) is 59.7 Å². The van der Waals surface area contributed by atoms with Gasteiger partial charge >= 0.3 is 0 Å². The summed E-state index contributed by atoms with van der Waals surface area (Å²) in [6.07, 6.45) is 0.119. The van der Waals surface area contributed by atoms with Crippen molar-refractivity contribution in [3.8, 4) is 5.75 Å². The van der Waals surface area contributed by atoms with E-state index in [1.54, 1.807) is 0 Å². The number of hydrogen-bond donors (Lipinski definition) is 2. The fourth-order valence-electron chi connectivity index (χ4n) is 2.50. The van der Waals surface area contributed by atoms with Gasteiger partial charge in [-0.05, 0) is 50.1 Å². The Morgan fingerprint density at radius 3 is 2.33 bits per heavy atom. The molecule has 0 spiro atoms. The van der Waals surface area contributed by atoms with Crippen molar-refractivity contribution in [2.75, 3.05) is 5.32 Å². The molecule has 2 aromatic rings. The van der Waals surface area contributed by atoms with E-state index >= 15 is 0 Å². The normalized spacial score (nSPS) is 13.4. The van der Waals surface area contributed by atoms with E-state index in [1.165, 1.54) is 0 Å². The summed E-state index contributed by atoms with van der Waals surface area (Å²) in [6.45, 7) is 7.78. The fourth-order valence-corrected chi connectivity index (χ4v) is 2.50. The minimum atomic E-state index is -0.337. The third-order valence-corrected chi connectivity index (χ3v) is 3.94. The van der Waals surface area contributed by atoms with Gasteiger partial charge in [0.15, 0.2) is 0 Å². The molecular weight excluding hydrogens is 300 g/mol. The van der Waals surface area contributed by atoms with Gasteiger partial charge in [-0.15, -0.1) is 0 Å². The highest BCUT2D eigenvalue weighted by molar-refractivity contribution is 5.93. The number of aryl methyl sites for hydroxylation is 1. The molecule has 2 unspecified atom stereocenters. The van der Waals surface area contributed by atoms with Crippen molar-refractivity contribution >= 4 is 11.6 Å². The van der Waals surface area contributed by atoms with E-state index in [0.717, 1.165) is 22.6 Å². The molecular formula is C20H26N2O2. The van der Waals surface area contributed by atoms with Gasteiger partial charge in [0, 0.05) is 11.7 Å². The number of carbonyl (C=O) groups excluding carboxylic acids is 1. The topological polar surface area (TPSA) is 64.4 Å². The van der Waals surface area contributed by atoms with E-state index < -0.39 is 0 Å². The zero-order chi connectivity index (χ0) is 17.7. The lowest BCUT2D eigenvalue weighted by molar-refractivity contribution is -0.120. The first-order valence-corrected chi connectivity index (χ1v) is 8.27. The van der Waals surface area contributed by atoms with E-state index in [4.69, 9.17) is 10.5 Å². The van der Waals surface area contributed by atoms with Crippen molar-refractivity contribution in [3.63, 3.8) is 0 Å². The van der Waals surface area contributed by atoms with Crippen LogP contribution in [0.1, 0.15) is 37.9 Å². The van der Waals surface area contributed by atoms with Gasteiger partial charge in [-0.3, -0.25) is 4.79 Å². The van der Waals surface area contributed by atoms with Crippen molar-refractivity contribution in [1.29, 1.82) is 0 Å². The maximum absolute atomic E-state index is 12.5. The Kier molecular flexibility index (Phi) is 5.99. The van der Waals surface area contributed by atoms with E-state index in [2.05, 4.69) is 5.32 Å². The minimum absolute atomic E-state index is 0.0942. The van der Waals surface area contributed by atoms with Crippen LogP contribution in [0.3, 0.4) is 0 Å². The second kappa shape index (κ2) is 7.97. The molecule has 4 nitrogen and oxygen atoms in total. The van der Waals surface area contributed by atoms with E-state index in [1.807, 2.05) is 76.2 Å². The summed E-state index contributed by atoms with van der Waals surface area (Å²) in [5, 5.41) is 2.94. The monoisotopic (exact) mass is 326 g/mol. The summed E-state index contributed by atoms with van der Waals surface area (Å²) >= 11 is 0. The molecule has 0 heterocycles. The molecule has 24 heavy (non-hydrogen) atoms. The summed E-state index contributed by atoms with van der Waals surface area (Å²) in [6, 6.07) is 15.0. The number of rotatable bonds is 6. The van der Waals surface area contributed by atoms with Gasteiger partial charge in [0.2, 0.25) is 5.91 Å². The molecule has 0 aliphatic carbocycles. The first kappa shape index (κ1) is 18.0. The van der Waals surface area contributed by atoms with Gasteiger partial charge in [0.1, 0.15) is 5.75 Å². The molecule has 0 bridgehead atoms. The third kappa shape index (κ3) is 4.59. The number of anilines is 1. The highest BCUT2D eigenvalue weighted by Gasteiger charge is 2.22. The molecule has 0 aromatic heterocycles. The Bertz CT molecular complexity index is 683. The third-order valence-electron chi connectivity index (χ3n) is 3.94.